The van der Waals surface area contributed by atoms with Gasteiger partial charge in [-0.1, -0.05) is 36.4 Å². The van der Waals surface area contributed by atoms with Gasteiger partial charge in [0.15, 0.2) is 0 Å². The number of ketones is 1. The van der Waals surface area contributed by atoms with Gasteiger partial charge in [-0.2, -0.15) is 13.2 Å². The molecule has 0 radical (unpaired) electrons. The first-order valence-electron chi connectivity index (χ1n) is 4.90. The molecule has 18 heavy (non-hydrogen) atoms. The Morgan fingerprint density at radius 2 is 1.72 bits per heavy atom. The maximum absolute atomic E-state index is 12.1. The van der Waals surface area contributed by atoms with Crippen molar-refractivity contribution in [3.05, 3.63) is 41.5 Å². The van der Waals surface area contributed by atoms with E-state index in [2.05, 4.69) is 0 Å². The van der Waals surface area contributed by atoms with Crippen LogP contribution in [0.15, 0.2) is 30.3 Å². The first kappa shape index (κ1) is 14.0. The molecule has 0 heterocycles. The lowest BCUT2D eigenvalue weighted by molar-refractivity contribution is -0.135. The van der Waals surface area contributed by atoms with Crippen LogP contribution < -0.4 is 0 Å². The molecule has 0 unspecified atom stereocenters. The lowest BCUT2D eigenvalue weighted by Crippen LogP contribution is -2.22. The van der Waals surface area contributed by atoms with Crippen LogP contribution in [-0.4, -0.2) is 23.0 Å². The number of carbonyl (C=O) groups is 2. The Morgan fingerprint density at radius 3 is 2.17 bits per heavy atom. The molecule has 3 nitrogen and oxygen atoms in total. The smallest absolute Gasteiger partial charge is 0.454 e. The number of carboxylic acids is 1. The number of aliphatic carboxylic acids is 1. The Bertz CT molecular complexity index is 472. The fourth-order valence-electron chi connectivity index (χ4n) is 1.21. The largest absolute Gasteiger partial charge is 0.481 e. The molecule has 0 aliphatic rings. The van der Waals surface area contributed by atoms with Crippen molar-refractivity contribution in [1.29, 1.82) is 0 Å². The predicted octanol–water partition coefficient (Wildman–Crippen LogP) is 2.92. The van der Waals surface area contributed by atoms with Crippen molar-refractivity contribution in [2.45, 2.75) is 12.6 Å². The number of alkyl halides is 3. The molecule has 1 N–H and O–H groups in total. The summed E-state index contributed by atoms with van der Waals surface area (Å²) in [7, 11) is 0. The molecule has 1 aromatic carbocycles. The first-order chi connectivity index (χ1) is 8.30. The third kappa shape index (κ3) is 4.04. The molecular weight excluding hydrogens is 249 g/mol. The number of halogens is 3. The number of carbonyl (C=O) groups excluding carboxylic acids is 1. The van der Waals surface area contributed by atoms with Crippen LogP contribution >= 0.6 is 0 Å². The molecule has 0 saturated heterocycles. The molecule has 0 spiro atoms. The summed E-state index contributed by atoms with van der Waals surface area (Å²) >= 11 is 0. The second-order valence-electron chi connectivity index (χ2n) is 3.45. The van der Waals surface area contributed by atoms with Crippen LogP contribution in [0.2, 0.25) is 0 Å². The van der Waals surface area contributed by atoms with Gasteiger partial charge in [-0.25, -0.2) is 0 Å². The average Bonchev–Trinajstić information content (AvgIpc) is 2.27. The van der Waals surface area contributed by atoms with E-state index in [9.17, 15) is 22.8 Å². The van der Waals surface area contributed by atoms with Crippen molar-refractivity contribution < 1.29 is 27.9 Å². The second kappa shape index (κ2) is 5.48. The first-order valence-corrected chi connectivity index (χ1v) is 4.90. The van der Waals surface area contributed by atoms with Crippen molar-refractivity contribution in [1.82, 2.24) is 0 Å². The molecule has 6 heteroatoms. The highest BCUT2D eigenvalue weighted by molar-refractivity contribution is 6.00. The Labute approximate surface area is 101 Å². The molecule has 0 saturated carbocycles. The van der Waals surface area contributed by atoms with E-state index < -0.39 is 23.5 Å². The third-order valence-electron chi connectivity index (χ3n) is 2.03. The zero-order valence-electron chi connectivity index (χ0n) is 9.07. The summed E-state index contributed by atoms with van der Waals surface area (Å²) in [6, 6.07) is 4.74. The summed E-state index contributed by atoms with van der Waals surface area (Å²) < 4.78 is 36.3. The van der Waals surface area contributed by atoms with Gasteiger partial charge in [0.25, 0.3) is 5.78 Å². The van der Waals surface area contributed by atoms with Gasteiger partial charge in [0.1, 0.15) is 0 Å². The molecule has 0 aliphatic carbocycles. The van der Waals surface area contributed by atoms with Crippen LogP contribution in [0.5, 0.6) is 0 Å². The monoisotopic (exact) mass is 258 g/mol. The quantitative estimate of drug-likeness (QED) is 0.845. The molecule has 0 bridgehead atoms. The van der Waals surface area contributed by atoms with Crippen LogP contribution in [0.3, 0.4) is 0 Å². The van der Waals surface area contributed by atoms with Crippen molar-refractivity contribution in [2.75, 3.05) is 0 Å². The van der Waals surface area contributed by atoms with Gasteiger partial charge in [0.2, 0.25) is 0 Å². The number of carboxylic acid groups (broad SMARTS) is 1. The maximum Gasteiger partial charge on any atom is 0.454 e. The molecule has 0 atom stereocenters. The number of benzene rings is 1. The molecule has 0 aromatic heterocycles. The Morgan fingerprint density at radius 1 is 1.17 bits per heavy atom. The summed E-state index contributed by atoms with van der Waals surface area (Å²) in [6.45, 7) is 0. The molecule has 1 aromatic rings. The second-order valence-corrected chi connectivity index (χ2v) is 3.45. The minimum Gasteiger partial charge on any atom is -0.481 e. The zero-order chi connectivity index (χ0) is 13.8. The van der Waals surface area contributed by atoms with E-state index >= 15 is 0 Å². The third-order valence-corrected chi connectivity index (χ3v) is 2.03. The van der Waals surface area contributed by atoms with Gasteiger partial charge in [-0.3, -0.25) is 9.59 Å². The van der Waals surface area contributed by atoms with Crippen LogP contribution in [0, 0.1) is 0 Å². The highest BCUT2D eigenvalue weighted by Crippen LogP contribution is 2.21. The molecule has 0 aliphatic heterocycles. The van der Waals surface area contributed by atoms with Gasteiger partial charge in [-0.15, -0.1) is 0 Å². The fraction of sp³-hybridized carbons (Fsp3) is 0.167. The van der Waals surface area contributed by atoms with Gasteiger partial charge in [-0.05, 0) is 5.56 Å². The van der Waals surface area contributed by atoms with Crippen LogP contribution in [0.25, 0.3) is 6.08 Å². The number of hydrogen-bond donors (Lipinski definition) is 1. The van der Waals surface area contributed by atoms with Gasteiger partial charge >= 0.3 is 12.1 Å². The predicted molar refractivity (Wildman–Crippen MR) is 58.1 cm³/mol. The van der Waals surface area contributed by atoms with E-state index in [-0.39, 0.29) is 6.42 Å². The van der Waals surface area contributed by atoms with Gasteiger partial charge < -0.3 is 5.11 Å². The van der Waals surface area contributed by atoms with Crippen molar-refractivity contribution >= 4 is 17.8 Å². The summed E-state index contributed by atoms with van der Waals surface area (Å²) in [6.07, 6.45) is -2.25. The number of rotatable bonds is 4. The Kier molecular flexibility index (Phi) is 4.25. The molecular formula is C12H9F3O3. The highest BCUT2D eigenvalue weighted by Gasteiger charge is 2.38. The van der Waals surface area contributed by atoms with Crippen LogP contribution in [0.1, 0.15) is 22.3 Å². The fourth-order valence-corrected chi connectivity index (χ4v) is 1.21. The van der Waals surface area contributed by atoms with Gasteiger partial charge in [0, 0.05) is 5.56 Å². The van der Waals surface area contributed by atoms with Crippen molar-refractivity contribution in [3.8, 4) is 0 Å². The maximum atomic E-state index is 12.1. The molecule has 0 amide bonds. The highest BCUT2D eigenvalue weighted by atomic mass is 19.4. The van der Waals surface area contributed by atoms with E-state index in [4.69, 9.17) is 5.11 Å². The lowest BCUT2D eigenvalue weighted by Gasteiger charge is -2.04. The van der Waals surface area contributed by atoms with Gasteiger partial charge in [0.05, 0.1) is 6.42 Å². The number of Topliss-reactive ketones (excluding diaryl/α,β-unsaturated/α-hetero) is 1. The van der Waals surface area contributed by atoms with E-state index in [0.717, 1.165) is 12.1 Å². The average molecular weight is 258 g/mol. The van der Waals surface area contributed by atoms with E-state index in [1.165, 1.54) is 24.3 Å². The Balaban J connectivity index is 2.78. The minimum atomic E-state index is -4.89. The molecule has 96 valence electrons. The summed E-state index contributed by atoms with van der Waals surface area (Å²) in [5.41, 5.74) is 0.0767. The van der Waals surface area contributed by atoms with Crippen molar-refractivity contribution in [3.63, 3.8) is 0 Å². The number of hydrogen-bond acceptors (Lipinski definition) is 2. The topological polar surface area (TPSA) is 54.4 Å². The molecule has 1 rings (SSSR count). The van der Waals surface area contributed by atoms with E-state index in [0.29, 0.717) is 5.56 Å². The van der Waals surface area contributed by atoms with E-state index in [1.54, 1.807) is 0 Å². The summed E-state index contributed by atoms with van der Waals surface area (Å²) in [4.78, 5) is 21.1. The van der Waals surface area contributed by atoms with Crippen molar-refractivity contribution in [2.24, 2.45) is 0 Å². The van der Waals surface area contributed by atoms with Crippen LogP contribution in [0.4, 0.5) is 13.2 Å². The minimum absolute atomic E-state index is 0.177. The zero-order valence-corrected chi connectivity index (χ0v) is 9.07. The lowest BCUT2D eigenvalue weighted by atomic mass is 10.1. The molecule has 0 fully saturated rings. The standard InChI is InChI=1S/C12H9F3O3/c13-12(14,15)11(18)9-6-4-8(5-7-9)2-1-3-10(16)17/h1-2,4-7H,3H2,(H,16,17). The summed E-state index contributed by atoms with van der Waals surface area (Å²) in [5, 5.41) is 8.38. The van der Waals surface area contributed by atoms with E-state index in [1.807, 2.05) is 0 Å². The Hall–Kier alpha value is -2.11. The van der Waals surface area contributed by atoms with Crippen LogP contribution in [-0.2, 0) is 4.79 Å². The normalized spacial score (nSPS) is 11.7. The SMILES string of the molecule is O=C(O)CC=Cc1ccc(C(=O)C(F)(F)F)cc1. The summed E-state index contributed by atoms with van der Waals surface area (Å²) in [5.74, 6) is -2.90.